The van der Waals surface area contributed by atoms with Crippen LogP contribution in [0.2, 0.25) is 0 Å². The summed E-state index contributed by atoms with van der Waals surface area (Å²) in [6.45, 7) is 0. The summed E-state index contributed by atoms with van der Waals surface area (Å²) in [7, 11) is 0. The normalized spacial score (nSPS) is 10.5. The van der Waals surface area contributed by atoms with E-state index in [1.165, 1.54) is 0 Å². The zero-order chi connectivity index (χ0) is 12.4. The molecule has 0 spiro atoms. The van der Waals surface area contributed by atoms with Crippen LogP contribution in [0.15, 0.2) is 59.1 Å². The van der Waals surface area contributed by atoms with Crippen molar-refractivity contribution in [2.45, 2.75) is 0 Å². The van der Waals surface area contributed by atoms with E-state index in [4.69, 9.17) is 0 Å². The predicted octanol–water partition coefficient (Wildman–Crippen LogP) is 3.09. The van der Waals surface area contributed by atoms with Gasteiger partial charge in [0.1, 0.15) is 0 Å². The van der Waals surface area contributed by atoms with Gasteiger partial charge in [0.25, 0.3) is 0 Å². The molecule has 0 saturated carbocycles. The number of hydrogen-bond acceptors (Lipinski definition) is 3. The van der Waals surface area contributed by atoms with Crippen LogP contribution in [0.4, 0.5) is 0 Å². The standard InChI is InChI=1S/C13H9BrN4/c14-11-8-6-10(7-9-11)13-15-16-17-18(13)12-4-2-1-3-5-12/h1-9H. The zero-order valence-electron chi connectivity index (χ0n) is 9.36. The number of hydrogen-bond donors (Lipinski definition) is 0. The summed E-state index contributed by atoms with van der Waals surface area (Å²) in [5.74, 6) is 0.730. The van der Waals surface area contributed by atoms with Gasteiger partial charge >= 0.3 is 0 Å². The zero-order valence-corrected chi connectivity index (χ0v) is 10.9. The molecule has 0 aliphatic rings. The Labute approximate surface area is 112 Å². The second-order valence-corrected chi connectivity index (χ2v) is 4.67. The summed E-state index contributed by atoms with van der Waals surface area (Å²) in [6, 6.07) is 17.7. The summed E-state index contributed by atoms with van der Waals surface area (Å²) < 4.78 is 2.76. The molecule has 4 nitrogen and oxygen atoms in total. The van der Waals surface area contributed by atoms with Gasteiger partial charge in [-0.15, -0.1) is 5.10 Å². The Morgan fingerprint density at radius 3 is 2.33 bits per heavy atom. The molecule has 0 aliphatic carbocycles. The minimum Gasteiger partial charge on any atom is -0.193 e. The highest BCUT2D eigenvalue weighted by atomic mass is 79.9. The molecule has 0 fully saturated rings. The van der Waals surface area contributed by atoms with Crippen LogP contribution < -0.4 is 0 Å². The van der Waals surface area contributed by atoms with Crippen LogP contribution in [-0.2, 0) is 0 Å². The van der Waals surface area contributed by atoms with E-state index in [1.807, 2.05) is 54.6 Å². The number of tetrazole rings is 1. The highest BCUT2D eigenvalue weighted by molar-refractivity contribution is 9.10. The van der Waals surface area contributed by atoms with Crippen LogP contribution in [0.1, 0.15) is 0 Å². The molecule has 0 bridgehead atoms. The van der Waals surface area contributed by atoms with Crippen molar-refractivity contribution >= 4 is 15.9 Å². The summed E-state index contributed by atoms with van der Waals surface area (Å²) in [5, 5.41) is 11.9. The third-order valence-electron chi connectivity index (χ3n) is 2.57. The van der Waals surface area contributed by atoms with Gasteiger partial charge in [0, 0.05) is 10.0 Å². The van der Waals surface area contributed by atoms with Crippen LogP contribution in [0.5, 0.6) is 0 Å². The molecule has 0 saturated heterocycles. The van der Waals surface area contributed by atoms with Crippen LogP contribution in [0, 0.1) is 0 Å². The summed E-state index contributed by atoms with van der Waals surface area (Å²) >= 11 is 3.41. The summed E-state index contributed by atoms with van der Waals surface area (Å²) in [4.78, 5) is 0. The first-order valence-corrected chi connectivity index (χ1v) is 6.23. The van der Waals surface area contributed by atoms with Gasteiger partial charge in [0.05, 0.1) is 5.69 Å². The minimum absolute atomic E-state index is 0.730. The van der Waals surface area contributed by atoms with Gasteiger partial charge in [-0.25, -0.2) is 0 Å². The van der Waals surface area contributed by atoms with E-state index < -0.39 is 0 Å². The Kier molecular flexibility index (Phi) is 2.90. The lowest BCUT2D eigenvalue weighted by Crippen LogP contribution is -1.99. The first-order chi connectivity index (χ1) is 8.84. The number of aromatic nitrogens is 4. The second kappa shape index (κ2) is 4.70. The van der Waals surface area contributed by atoms with E-state index in [0.717, 1.165) is 21.5 Å². The van der Waals surface area contributed by atoms with Crippen molar-refractivity contribution in [2.24, 2.45) is 0 Å². The van der Waals surface area contributed by atoms with Gasteiger partial charge in [0.15, 0.2) is 5.82 Å². The molecule has 1 aromatic heterocycles. The van der Waals surface area contributed by atoms with E-state index >= 15 is 0 Å². The van der Waals surface area contributed by atoms with Crippen molar-refractivity contribution in [1.82, 2.24) is 20.2 Å². The van der Waals surface area contributed by atoms with Gasteiger partial charge in [-0.2, -0.15) is 4.68 Å². The molecule has 18 heavy (non-hydrogen) atoms. The smallest absolute Gasteiger partial charge is 0.187 e. The molecule has 0 atom stereocenters. The van der Waals surface area contributed by atoms with Crippen molar-refractivity contribution < 1.29 is 0 Å². The summed E-state index contributed by atoms with van der Waals surface area (Å²) in [5.41, 5.74) is 1.92. The van der Waals surface area contributed by atoms with Crippen LogP contribution in [0.3, 0.4) is 0 Å². The number of halogens is 1. The second-order valence-electron chi connectivity index (χ2n) is 3.76. The van der Waals surface area contributed by atoms with Crippen molar-refractivity contribution in [1.29, 1.82) is 0 Å². The molecule has 3 aromatic rings. The predicted molar refractivity (Wildman–Crippen MR) is 72.3 cm³/mol. The lowest BCUT2D eigenvalue weighted by molar-refractivity contribution is 0.791. The molecule has 0 unspecified atom stereocenters. The Balaban J connectivity index is 2.10. The van der Waals surface area contributed by atoms with Gasteiger partial charge in [-0.1, -0.05) is 46.3 Å². The maximum absolute atomic E-state index is 4.08. The van der Waals surface area contributed by atoms with Gasteiger partial charge in [0.2, 0.25) is 0 Å². The molecule has 3 rings (SSSR count). The van der Waals surface area contributed by atoms with Gasteiger partial charge < -0.3 is 0 Å². The maximum atomic E-state index is 4.08. The molecule has 0 radical (unpaired) electrons. The first-order valence-electron chi connectivity index (χ1n) is 5.44. The maximum Gasteiger partial charge on any atom is 0.187 e. The van der Waals surface area contributed by atoms with Crippen LogP contribution in [0.25, 0.3) is 17.1 Å². The third-order valence-corrected chi connectivity index (χ3v) is 3.10. The fraction of sp³-hybridized carbons (Fsp3) is 0. The quantitative estimate of drug-likeness (QED) is 0.730. The van der Waals surface area contributed by atoms with E-state index in [0.29, 0.717) is 0 Å². The van der Waals surface area contributed by atoms with Crippen molar-refractivity contribution in [3.8, 4) is 17.1 Å². The fourth-order valence-electron chi connectivity index (χ4n) is 1.71. The summed E-state index contributed by atoms with van der Waals surface area (Å²) in [6.07, 6.45) is 0. The molecule has 88 valence electrons. The Hall–Kier alpha value is -2.01. The van der Waals surface area contributed by atoms with Gasteiger partial charge in [-0.3, -0.25) is 0 Å². The van der Waals surface area contributed by atoms with E-state index in [2.05, 4.69) is 31.5 Å². The molecular weight excluding hydrogens is 292 g/mol. The molecule has 0 aliphatic heterocycles. The Morgan fingerprint density at radius 1 is 0.889 bits per heavy atom. The Bertz CT molecular complexity index is 646. The average Bonchev–Trinajstić information content (AvgIpc) is 2.90. The molecule has 1 heterocycles. The molecule has 2 aromatic carbocycles. The topological polar surface area (TPSA) is 43.6 Å². The fourth-order valence-corrected chi connectivity index (χ4v) is 1.97. The largest absolute Gasteiger partial charge is 0.193 e. The highest BCUT2D eigenvalue weighted by Crippen LogP contribution is 2.21. The van der Waals surface area contributed by atoms with Crippen molar-refractivity contribution in [2.75, 3.05) is 0 Å². The van der Waals surface area contributed by atoms with Crippen LogP contribution in [-0.4, -0.2) is 20.2 Å². The minimum atomic E-state index is 0.730. The highest BCUT2D eigenvalue weighted by Gasteiger charge is 2.09. The van der Waals surface area contributed by atoms with E-state index in [1.54, 1.807) is 4.68 Å². The van der Waals surface area contributed by atoms with Crippen molar-refractivity contribution in [3.63, 3.8) is 0 Å². The lowest BCUT2D eigenvalue weighted by Gasteiger charge is -2.04. The lowest BCUT2D eigenvalue weighted by atomic mass is 10.2. The average molecular weight is 301 g/mol. The van der Waals surface area contributed by atoms with E-state index in [9.17, 15) is 0 Å². The molecule has 0 N–H and O–H groups in total. The monoisotopic (exact) mass is 300 g/mol. The molecular formula is C13H9BrN4. The molecule has 5 heteroatoms. The van der Waals surface area contributed by atoms with E-state index in [-0.39, 0.29) is 0 Å². The Morgan fingerprint density at radius 2 is 1.61 bits per heavy atom. The number of nitrogens with zero attached hydrogens (tertiary/aromatic N) is 4. The number of benzene rings is 2. The first kappa shape index (κ1) is 11.1. The number of rotatable bonds is 2. The number of para-hydroxylation sites is 1. The SMILES string of the molecule is Brc1ccc(-c2nnnn2-c2ccccc2)cc1. The van der Waals surface area contributed by atoms with Gasteiger partial charge in [-0.05, 0) is 34.7 Å². The third kappa shape index (κ3) is 2.04. The van der Waals surface area contributed by atoms with Crippen LogP contribution >= 0.6 is 15.9 Å². The molecule has 0 amide bonds. The van der Waals surface area contributed by atoms with Crippen molar-refractivity contribution in [3.05, 3.63) is 59.1 Å².